The number of hydrogen-bond donors (Lipinski definition) is 1. The van der Waals surface area contributed by atoms with E-state index in [4.69, 9.17) is 19.5 Å². The van der Waals surface area contributed by atoms with Gasteiger partial charge in [-0.1, -0.05) is 18.2 Å². The van der Waals surface area contributed by atoms with Crippen molar-refractivity contribution in [3.05, 3.63) is 53.6 Å². The van der Waals surface area contributed by atoms with E-state index >= 15 is 0 Å². The monoisotopic (exact) mass is 338 g/mol. The van der Waals surface area contributed by atoms with Gasteiger partial charge in [-0.25, -0.2) is 0 Å². The Hall–Kier alpha value is -3.20. The molecule has 25 heavy (non-hydrogen) atoms. The Labute approximate surface area is 145 Å². The van der Waals surface area contributed by atoms with Crippen molar-refractivity contribution in [1.29, 1.82) is 5.26 Å². The lowest BCUT2D eigenvalue weighted by Gasteiger charge is -2.18. The predicted molar refractivity (Wildman–Crippen MR) is 90.8 cm³/mol. The van der Waals surface area contributed by atoms with E-state index in [9.17, 15) is 4.79 Å². The quantitative estimate of drug-likeness (QED) is 0.872. The molecule has 0 aromatic heterocycles. The number of hydrogen-bond acceptors (Lipinski definition) is 5. The second kappa shape index (κ2) is 8.06. The van der Waals surface area contributed by atoms with Crippen molar-refractivity contribution in [2.75, 3.05) is 26.4 Å². The van der Waals surface area contributed by atoms with Crippen LogP contribution in [0.2, 0.25) is 0 Å². The standard InChI is InChI=1S/C19H18N2O4/c20-12-15-3-1-2-4-16(15)25-13-19(22)21-8-7-14-5-6-17-18(11-14)24-10-9-23-17/h1-6,11H,7-10,13H2,(H,21,22). The average molecular weight is 338 g/mol. The highest BCUT2D eigenvalue weighted by atomic mass is 16.6. The van der Waals surface area contributed by atoms with Crippen LogP contribution in [0.15, 0.2) is 42.5 Å². The van der Waals surface area contributed by atoms with Crippen molar-refractivity contribution < 1.29 is 19.0 Å². The zero-order valence-corrected chi connectivity index (χ0v) is 13.7. The number of nitrogens with zero attached hydrogens (tertiary/aromatic N) is 1. The average Bonchev–Trinajstić information content (AvgIpc) is 2.66. The predicted octanol–water partition coefficient (Wildman–Crippen LogP) is 2.07. The normalized spacial score (nSPS) is 12.1. The van der Waals surface area contributed by atoms with Gasteiger partial charge in [-0.2, -0.15) is 5.26 Å². The highest BCUT2D eigenvalue weighted by Gasteiger charge is 2.12. The molecule has 0 fully saturated rings. The molecule has 0 saturated heterocycles. The summed E-state index contributed by atoms with van der Waals surface area (Å²) >= 11 is 0. The fourth-order valence-corrected chi connectivity index (χ4v) is 2.47. The van der Waals surface area contributed by atoms with Crippen LogP contribution in [-0.4, -0.2) is 32.3 Å². The molecule has 1 amide bonds. The van der Waals surface area contributed by atoms with E-state index in [1.807, 2.05) is 24.3 Å². The number of para-hydroxylation sites is 1. The third-order valence-corrected chi connectivity index (χ3v) is 3.71. The molecule has 0 atom stereocenters. The molecule has 1 N–H and O–H groups in total. The summed E-state index contributed by atoms with van der Waals surface area (Å²) in [5.41, 5.74) is 1.46. The van der Waals surface area contributed by atoms with Gasteiger partial charge in [-0.05, 0) is 36.2 Å². The molecule has 1 heterocycles. The van der Waals surface area contributed by atoms with Gasteiger partial charge < -0.3 is 19.5 Å². The molecule has 2 aromatic carbocycles. The molecule has 3 rings (SSSR count). The molecular formula is C19H18N2O4. The van der Waals surface area contributed by atoms with Crippen molar-refractivity contribution in [2.24, 2.45) is 0 Å². The summed E-state index contributed by atoms with van der Waals surface area (Å²) in [6.07, 6.45) is 0.678. The summed E-state index contributed by atoms with van der Waals surface area (Å²) in [6.45, 7) is 1.48. The topological polar surface area (TPSA) is 80.6 Å². The van der Waals surface area contributed by atoms with E-state index in [2.05, 4.69) is 5.32 Å². The maximum Gasteiger partial charge on any atom is 0.257 e. The Morgan fingerprint density at radius 1 is 1.16 bits per heavy atom. The summed E-state index contributed by atoms with van der Waals surface area (Å²) in [6, 6.07) is 14.6. The number of fused-ring (bicyclic) bond motifs is 1. The summed E-state index contributed by atoms with van der Waals surface area (Å²) in [5.74, 6) is 1.67. The molecular weight excluding hydrogens is 320 g/mol. The van der Waals surface area contributed by atoms with Gasteiger partial charge in [0.25, 0.3) is 5.91 Å². The smallest absolute Gasteiger partial charge is 0.257 e. The van der Waals surface area contributed by atoms with Crippen LogP contribution in [0.4, 0.5) is 0 Å². The van der Waals surface area contributed by atoms with Crippen molar-refractivity contribution in [3.63, 3.8) is 0 Å². The number of amides is 1. The van der Waals surface area contributed by atoms with Crippen LogP contribution in [0.1, 0.15) is 11.1 Å². The van der Waals surface area contributed by atoms with E-state index < -0.39 is 0 Å². The van der Waals surface area contributed by atoms with E-state index in [-0.39, 0.29) is 12.5 Å². The van der Waals surface area contributed by atoms with Gasteiger partial charge in [0.1, 0.15) is 25.0 Å². The van der Waals surface area contributed by atoms with Gasteiger partial charge in [0.05, 0.1) is 5.56 Å². The third kappa shape index (κ3) is 4.42. The van der Waals surface area contributed by atoms with Crippen molar-refractivity contribution in [1.82, 2.24) is 5.32 Å². The fraction of sp³-hybridized carbons (Fsp3) is 0.263. The molecule has 1 aliphatic rings. The van der Waals surface area contributed by atoms with Gasteiger partial charge in [0, 0.05) is 6.54 Å². The van der Waals surface area contributed by atoms with Crippen LogP contribution < -0.4 is 19.5 Å². The first-order chi connectivity index (χ1) is 12.3. The Bertz CT molecular complexity index is 798. The van der Waals surface area contributed by atoms with E-state index in [1.165, 1.54) is 0 Å². The first-order valence-electron chi connectivity index (χ1n) is 8.03. The first-order valence-corrected chi connectivity index (χ1v) is 8.03. The Balaban J connectivity index is 1.44. The zero-order valence-electron chi connectivity index (χ0n) is 13.7. The van der Waals surface area contributed by atoms with Crippen LogP contribution in [0.25, 0.3) is 0 Å². The largest absolute Gasteiger partial charge is 0.486 e. The summed E-state index contributed by atoms with van der Waals surface area (Å²) in [5, 5.41) is 11.8. The van der Waals surface area contributed by atoms with E-state index in [1.54, 1.807) is 24.3 Å². The van der Waals surface area contributed by atoms with Gasteiger partial charge in [-0.3, -0.25) is 4.79 Å². The molecule has 6 nitrogen and oxygen atoms in total. The second-order valence-electron chi connectivity index (χ2n) is 5.47. The van der Waals surface area contributed by atoms with Gasteiger partial charge in [0.2, 0.25) is 0 Å². The molecule has 0 spiro atoms. The second-order valence-corrected chi connectivity index (χ2v) is 5.47. The number of ether oxygens (including phenoxy) is 3. The minimum Gasteiger partial charge on any atom is -0.486 e. The number of carbonyl (C=O) groups is 1. The van der Waals surface area contributed by atoms with E-state index in [0.717, 1.165) is 17.1 Å². The lowest BCUT2D eigenvalue weighted by Crippen LogP contribution is -2.30. The van der Waals surface area contributed by atoms with Crippen molar-refractivity contribution in [3.8, 4) is 23.3 Å². The Morgan fingerprint density at radius 2 is 1.96 bits per heavy atom. The van der Waals surface area contributed by atoms with Crippen LogP contribution >= 0.6 is 0 Å². The Morgan fingerprint density at radius 3 is 2.80 bits per heavy atom. The first kappa shape index (κ1) is 16.7. The summed E-state index contributed by atoms with van der Waals surface area (Å²) in [7, 11) is 0. The van der Waals surface area contributed by atoms with Crippen LogP contribution in [0.5, 0.6) is 17.2 Å². The fourth-order valence-electron chi connectivity index (χ4n) is 2.47. The lowest BCUT2D eigenvalue weighted by atomic mass is 10.1. The minimum atomic E-state index is -0.231. The molecule has 128 valence electrons. The van der Waals surface area contributed by atoms with Crippen LogP contribution in [0, 0.1) is 11.3 Å². The van der Waals surface area contributed by atoms with Gasteiger partial charge in [-0.15, -0.1) is 0 Å². The van der Waals surface area contributed by atoms with Crippen molar-refractivity contribution in [2.45, 2.75) is 6.42 Å². The highest BCUT2D eigenvalue weighted by molar-refractivity contribution is 5.77. The molecule has 2 aromatic rings. The maximum absolute atomic E-state index is 11.9. The van der Waals surface area contributed by atoms with Crippen LogP contribution in [0.3, 0.4) is 0 Å². The maximum atomic E-state index is 11.9. The third-order valence-electron chi connectivity index (χ3n) is 3.71. The number of carbonyl (C=O) groups excluding carboxylic acids is 1. The van der Waals surface area contributed by atoms with Crippen LogP contribution in [-0.2, 0) is 11.2 Å². The SMILES string of the molecule is N#Cc1ccccc1OCC(=O)NCCc1ccc2c(c1)OCCO2. The van der Waals surface area contributed by atoms with E-state index in [0.29, 0.717) is 37.5 Å². The molecule has 0 aliphatic carbocycles. The molecule has 0 radical (unpaired) electrons. The molecule has 0 saturated carbocycles. The highest BCUT2D eigenvalue weighted by Crippen LogP contribution is 2.30. The molecule has 6 heteroatoms. The van der Waals surface area contributed by atoms with Crippen molar-refractivity contribution >= 4 is 5.91 Å². The van der Waals surface area contributed by atoms with Gasteiger partial charge in [0.15, 0.2) is 18.1 Å². The minimum absolute atomic E-state index is 0.125. The number of nitriles is 1. The molecule has 1 aliphatic heterocycles. The summed E-state index contributed by atoms with van der Waals surface area (Å²) < 4.78 is 16.4. The number of nitrogens with one attached hydrogen (secondary N) is 1. The van der Waals surface area contributed by atoms with Gasteiger partial charge >= 0.3 is 0 Å². The Kier molecular flexibility index (Phi) is 5.37. The molecule has 0 bridgehead atoms. The molecule has 0 unspecified atom stereocenters. The lowest BCUT2D eigenvalue weighted by molar-refractivity contribution is -0.123. The number of benzene rings is 2. The number of rotatable bonds is 6. The summed E-state index contributed by atoms with van der Waals surface area (Å²) in [4.78, 5) is 11.9. The zero-order chi connectivity index (χ0) is 17.5.